The lowest BCUT2D eigenvalue weighted by atomic mass is 9.72. The van der Waals surface area contributed by atoms with Crippen LogP contribution in [0.3, 0.4) is 0 Å². The van der Waals surface area contributed by atoms with Crippen molar-refractivity contribution in [2.45, 2.75) is 109 Å². The van der Waals surface area contributed by atoms with Crippen LogP contribution in [0.15, 0.2) is 12.1 Å². The predicted molar refractivity (Wildman–Crippen MR) is 136 cm³/mol. The summed E-state index contributed by atoms with van der Waals surface area (Å²) in [6.45, 7) is 4.22. The molecular formula is C30H44F3NO2. The highest BCUT2D eigenvalue weighted by Gasteiger charge is 2.38. The van der Waals surface area contributed by atoms with Crippen LogP contribution >= 0.6 is 0 Å². The molecule has 0 aliphatic heterocycles. The average molecular weight is 508 g/mol. The smallest absolute Gasteiger partial charge is 0.306 e. The summed E-state index contributed by atoms with van der Waals surface area (Å²) in [4.78, 5) is 14.9. The Morgan fingerprint density at radius 2 is 1.39 bits per heavy atom. The first kappa shape index (κ1) is 27.5. The molecule has 3 aliphatic carbocycles. The number of carbonyl (C=O) groups excluding carboxylic acids is 1. The fourth-order valence-corrected chi connectivity index (χ4v) is 7.22. The van der Waals surface area contributed by atoms with Gasteiger partial charge in [-0.05, 0) is 93.2 Å². The molecule has 3 atom stereocenters. The number of carbonyl (C=O) groups is 1. The van der Waals surface area contributed by atoms with Crippen molar-refractivity contribution >= 4 is 5.97 Å². The quantitative estimate of drug-likeness (QED) is 0.253. The minimum Gasteiger partial charge on any atom is -0.466 e. The van der Waals surface area contributed by atoms with E-state index in [4.69, 9.17) is 4.74 Å². The molecule has 3 nitrogen and oxygen atoms in total. The second-order valence-corrected chi connectivity index (χ2v) is 11.6. The minimum absolute atomic E-state index is 0.104. The van der Waals surface area contributed by atoms with Gasteiger partial charge in [-0.1, -0.05) is 38.5 Å². The third kappa shape index (κ3) is 7.26. The van der Waals surface area contributed by atoms with E-state index in [2.05, 4.69) is 4.90 Å². The molecule has 202 valence electrons. The number of halogens is 3. The lowest BCUT2D eigenvalue weighted by Crippen LogP contribution is -2.47. The zero-order chi connectivity index (χ0) is 25.5. The van der Waals surface area contributed by atoms with E-state index in [1.807, 2.05) is 0 Å². The van der Waals surface area contributed by atoms with Gasteiger partial charge in [0.2, 0.25) is 0 Å². The summed E-state index contributed by atoms with van der Waals surface area (Å²) >= 11 is 0. The number of benzene rings is 1. The maximum atomic E-state index is 14.4. The van der Waals surface area contributed by atoms with Gasteiger partial charge in [0, 0.05) is 25.6 Å². The maximum Gasteiger partial charge on any atom is 0.306 e. The summed E-state index contributed by atoms with van der Waals surface area (Å²) in [5.41, 5.74) is 0.530. The van der Waals surface area contributed by atoms with Gasteiger partial charge in [0.15, 0.2) is 17.5 Å². The first-order valence-corrected chi connectivity index (χ1v) is 14.5. The molecule has 0 unspecified atom stereocenters. The van der Waals surface area contributed by atoms with Crippen molar-refractivity contribution in [3.8, 4) is 0 Å². The highest BCUT2D eigenvalue weighted by atomic mass is 19.2. The molecule has 3 aliphatic rings. The summed E-state index contributed by atoms with van der Waals surface area (Å²) in [6, 6.07) is 2.54. The van der Waals surface area contributed by atoms with Gasteiger partial charge >= 0.3 is 5.97 Å². The zero-order valence-corrected chi connectivity index (χ0v) is 22.0. The van der Waals surface area contributed by atoms with E-state index in [1.165, 1.54) is 76.3 Å². The molecule has 1 aromatic carbocycles. The van der Waals surface area contributed by atoms with Crippen molar-refractivity contribution in [3.63, 3.8) is 0 Å². The normalized spacial score (nSPS) is 26.3. The number of hydrogen-bond acceptors (Lipinski definition) is 3. The van der Waals surface area contributed by atoms with E-state index in [9.17, 15) is 18.0 Å². The van der Waals surface area contributed by atoms with E-state index in [0.717, 1.165) is 25.9 Å². The second-order valence-electron chi connectivity index (χ2n) is 11.6. The Morgan fingerprint density at radius 3 is 1.92 bits per heavy atom. The largest absolute Gasteiger partial charge is 0.466 e. The standard InChI is InChI=1S/C30H44F3NO2/c1-2-36-29(35)16-23-13-14-28(25(15-23)24-17-26(31)30(33)27(32)18-24)34(19-21-9-5-3-6-10-21)20-22-11-7-4-8-12-22/h17-18,21-23,25,28H,2-16,19-20H2,1H3/t23-,25+,28-/m1/s1. The Morgan fingerprint density at radius 1 is 0.833 bits per heavy atom. The first-order valence-electron chi connectivity index (χ1n) is 14.5. The lowest BCUT2D eigenvalue weighted by molar-refractivity contribution is -0.144. The van der Waals surface area contributed by atoms with Crippen LogP contribution in [0.5, 0.6) is 0 Å². The van der Waals surface area contributed by atoms with Crippen LogP contribution in [-0.4, -0.2) is 36.6 Å². The third-order valence-corrected chi connectivity index (χ3v) is 9.02. The highest BCUT2D eigenvalue weighted by Crippen LogP contribution is 2.43. The number of rotatable bonds is 9. The van der Waals surface area contributed by atoms with E-state index in [-0.39, 0.29) is 23.8 Å². The van der Waals surface area contributed by atoms with Crippen molar-refractivity contribution in [2.24, 2.45) is 17.8 Å². The van der Waals surface area contributed by atoms with Crippen molar-refractivity contribution in [2.75, 3.05) is 19.7 Å². The van der Waals surface area contributed by atoms with Crippen LogP contribution < -0.4 is 0 Å². The summed E-state index contributed by atoms with van der Waals surface area (Å²) in [5.74, 6) is -2.55. The summed E-state index contributed by atoms with van der Waals surface area (Å²) in [5, 5.41) is 0. The molecule has 0 spiro atoms. The van der Waals surface area contributed by atoms with Gasteiger partial charge in [0.1, 0.15) is 0 Å². The number of esters is 1. The van der Waals surface area contributed by atoms with Gasteiger partial charge in [-0.15, -0.1) is 0 Å². The summed E-state index contributed by atoms with van der Waals surface area (Å²) in [6.07, 6.45) is 15.6. The fourth-order valence-electron chi connectivity index (χ4n) is 7.22. The molecule has 36 heavy (non-hydrogen) atoms. The minimum atomic E-state index is -1.41. The monoisotopic (exact) mass is 507 g/mol. The lowest BCUT2D eigenvalue weighted by Gasteiger charge is -2.46. The summed E-state index contributed by atoms with van der Waals surface area (Å²) in [7, 11) is 0. The Kier molecular flexibility index (Phi) is 10.1. The van der Waals surface area contributed by atoms with Gasteiger partial charge in [0.05, 0.1) is 6.61 Å². The number of hydrogen-bond donors (Lipinski definition) is 0. The first-order chi connectivity index (χ1) is 17.4. The van der Waals surface area contributed by atoms with Crippen LogP contribution in [0.1, 0.15) is 108 Å². The van der Waals surface area contributed by atoms with Crippen LogP contribution in [0, 0.1) is 35.2 Å². The highest BCUT2D eigenvalue weighted by molar-refractivity contribution is 5.69. The Hall–Kier alpha value is -1.56. The topological polar surface area (TPSA) is 29.5 Å². The molecular weight excluding hydrogens is 463 g/mol. The molecule has 6 heteroatoms. The molecule has 0 N–H and O–H groups in total. The molecule has 4 rings (SSSR count). The van der Waals surface area contributed by atoms with Crippen molar-refractivity contribution in [3.05, 3.63) is 35.1 Å². The van der Waals surface area contributed by atoms with Gasteiger partial charge in [-0.25, -0.2) is 13.2 Å². The molecule has 3 fully saturated rings. The van der Waals surface area contributed by atoms with Crippen molar-refractivity contribution < 1.29 is 22.7 Å². The van der Waals surface area contributed by atoms with Crippen LogP contribution in [0.2, 0.25) is 0 Å². The molecule has 0 radical (unpaired) electrons. The van der Waals surface area contributed by atoms with Crippen molar-refractivity contribution in [1.29, 1.82) is 0 Å². The Labute approximate surface area is 215 Å². The van der Waals surface area contributed by atoms with Crippen LogP contribution in [0.4, 0.5) is 13.2 Å². The van der Waals surface area contributed by atoms with Gasteiger partial charge < -0.3 is 4.74 Å². The van der Waals surface area contributed by atoms with Gasteiger partial charge in [0.25, 0.3) is 0 Å². The summed E-state index contributed by atoms with van der Waals surface area (Å²) < 4.78 is 47.8. The van der Waals surface area contributed by atoms with Crippen LogP contribution in [0.25, 0.3) is 0 Å². The van der Waals surface area contributed by atoms with E-state index in [1.54, 1.807) is 6.92 Å². The van der Waals surface area contributed by atoms with E-state index >= 15 is 0 Å². The van der Waals surface area contributed by atoms with E-state index in [0.29, 0.717) is 36.8 Å². The maximum absolute atomic E-state index is 14.4. The molecule has 0 heterocycles. The average Bonchev–Trinajstić information content (AvgIpc) is 2.88. The van der Waals surface area contributed by atoms with Gasteiger partial charge in [-0.3, -0.25) is 9.69 Å². The predicted octanol–water partition coefficient (Wildman–Crippen LogP) is 7.77. The van der Waals surface area contributed by atoms with E-state index < -0.39 is 17.5 Å². The second kappa shape index (κ2) is 13.3. The molecule has 1 aromatic rings. The third-order valence-electron chi connectivity index (χ3n) is 9.02. The van der Waals surface area contributed by atoms with Crippen LogP contribution in [-0.2, 0) is 9.53 Å². The SMILES string of the molecule is CCOC(=O)C[C@@H]1CC[C@@H](N(CC2CCCCC2)CC2CCCCC2)[C@H](c2cc(F)c(F)c(F)c2)C1. The van der Waals surface area contributed by atoms with Gasteiger partial charge in [-0.2, -0.15) is 0 Å². The Balaban J connectivity index is 1.60. The molecule has 3 saturated carbocycles. The number of nitrogens with zero attached hydrogens (tertiary/aromatic N) is 1. The number of ether oxygens (including phenoxy) is 1. The molecule has 0 aromatic heterocycles. The Bertz CT molecular complexity index is 808. The zero-order valence-electron chi connectivity index (χ0n) is 22.0. The molecule has 0 bridgehead atoms. The van der Waals surface area contributed by atoms with Crippen molar-refractivity contribution in [1.82, 2.24) is 4.90 Å². The molecule has 0 saturated heterocycles. The molecule has 0 amide bonds. The fraction of sp³-hybridized carbons (Fsp3) is 0.767.